The minimum Gasteiger partial charge on any atom is -0.439 e. The topological polar surface area (TPSA) is 52.0 Å². The van der Waals surface area contributed by atoms with Crippen LogP contribution >= 0.6 is 0 Å². The van der Waals surface area contributed by atoms with E-state index in [1.807, 2.05) is 0 Å². The molecule has 1 aromatic carbocycles. The van der Waals surface area contributed by atoms with Crippen molar-refractivity contribution in [1.29, 1.82) is 0 Å². The summed E-state index contributed by atoms with van der Waals surface area (Å²) >= 11 is 0. The lowest BCUT2D eigenvalue weighted by molar-refractivity contribution is 0.408. The zero-order valence-corrected chi connectivity index (χ0v) is 12.1. The molecule has 19 heavy (non-hydrogen) atoms. The van der Waals surface area contributed by atoms with Crippen molar-refractivity contribution in [2.24, 2.45) is 11.7 Å². The molecule has 2 aromatic rings. The molecule has 0 spiro atoms. The Morgan fingerprint density at radius 3 is 2.63 bits per heavy atom. The van der Waals surface area contributed by atoms with Crippen LogP contribution in [-0.2, 0) is 0 Å². The summed E-state index contributed by atoms with van der Waals surface area (Å²) in [6, 6.07) is 6.17. The quantitative estimate of drug-likeness (QED) is 0.901. The summed E-state index contributed by atoms with van der Waals surface area (Å²) in [5.41, 5.74) is 9.62. The maximum atomic E-state index is 6.09. The molecule has 0 fully saturated rings. The number of rotatable bonds is 4. The molecule has 2 N–H and O–H groups in total. The van der Waals surface area contributed by atoms with Gasteiger partial charge in [-0.1, -0.05) is 37.6 Å². The SMILES string of the molecule is Cc1ccc(-c2cnc(C(N)CC(C)C)o2)c(C)c1. The van der Waals surface area contributed by atoms with Gasteiger partial charge in [0.2, 0.25) is 5.89 Å². The van der Waals surface area contributed by atoms with Gasteiger partial charge in [-0.05, 0) is 31.7 Å². The summed E-state index contributed by atoms with van der Waals surface area (Å²) in [5.74, 6) is 1.96. The largest absolute Gasteiger partial charge is 0.439 e. The van der Waals surface area contributed by atoms with Gasteiger partial charge in [0.25, 0.3) is 0 Å². The first-order valence-electron chi connectivity index (χ1n) is 6.76. The number of aryl methyl sites for hydroxylation is 2. The van der Waals surface area contributed by atoms with Crippen molar-refractivity contribution in [2.75, 3.05) is 0 Å². The van der Waals surface area contributed by atoms with Crippen LogP contribution in [0.3, 0.4) is 0 Å². The third-order valence-electron chi connectivity index (χ3n) is 3.21. The predicted octanol–water partition coefficient (Wildman–Crippen LogP) is 4.00. The normalized spacial score (nSPS) is 12.9. The second-order valence-corrected chi connectivity index (χ2v) is 5.62. The van der Waals surface area contributed by atoms with Gasteiger partial charge in [0.15, 0.2) is 5.76 Å². The molecular weight excluding hydrogens is 236 g/mol. The third kappa shape index (κ3) is 3.24. The summed E-state index contributed by atoms with van der Waals surface area (Å²) in [4.78, 5) is 4.32. The molecule has 0 amide bonds. The van der Waals surface area contributed by atoms with E-state index in [4.69, 9.17) is 10.2 Å². The lowest BCUT2D eigenvalue weighted by Crippen LogP contribution is -2.13. The lowest BCUT2D eigenvalue weighted by atomic mass is 10.0. The smallest absolute Gasteiger partial charge is 0.211 e. The first kappa shape index (κ1) is 13.8. The summed E-state index contributed by atoms with van der Waals surface area (Å²) in [7, 11) is 0. The van der Waals surface area contributed by atoms with Gasteiger partial charge in [-0.2, -0.15) is 0 Å². The number of nitrogens with zero attached hydrogens (tertiary/aromatic N) is 1. The van der Waals surface area contributed by atoms with Crippen molar-refractivity contribution in [1.82, 2.24) is 4.98 Å². The van der Waals surface area contributed by atoms with E-state index in [0.717, 1.165) is 17.7 Å². The Bertz CT molecular complexity index is 558. The van der Waals surface area contributed by atoms with Crippen molar-refractivity contribution in [3.05, 3.63) is 41.4 Å². The maximum Gasteiger partial charge on any atom is 0.211 e. The number of oxazole rings is 1. The first-order chi connectivity index (χ1) is 8.97. The summed E-state index contributed by atoms with van der Waals surface area (Å²) in [5, 5.41) is 0. The molecule has 102 valence electrons. The van der Waals surface area contributed by atoms with E-state index < -0.39 is 0 Å². The van der Waals surface area contributed by atoms with Crippen LogP contribution in [-0.4, -0.2) is 4.98 Å². The molecule has 1 atom stereocenters. The van der Waals surface area contributed by atoms with Crippen LogP contribution in [0.2, 0.25) is 0 Å². The van der Waals surface area contributed by atoms with Gasteiger partial charge in [0, 0.05) is 5.56 Å². The average Bonchev–Trinajstić information content (AvgIpc) is 2.77. The molecule has 1 aromatic heterocycles. The number of nitrogens with two attached hydrogens (primary N) is 1. The highest BCUT2D eigenvalue weighted by molar-refractivity contribution is 5.61. The molecule has 0 saturated carbocycles. The lowest BCUT2D eigenvalue weighted by Gasteiger charge is -2.10. The molecule has 3 nitrogen and oxygen atoms in total. The summed E-state index contributed by atoms with van der Waals surface area (Å²) < 4.78 is 5.82. The van der Waals surface area contributed by atoms with E-state index in [9.17, 15) is 0 Å². The van der Waals surface area contributed by atoms with Crippen LogP contribution in [0, 0.1) is 19.8 Å². The van der Waals surface area contributed by atoms with Gasteiger partial charge in [0.05, 0.1) is 12.2 Å². The van der Waals surface area contributed by atoms with Crippen molar-refractivity contribution in [3.63, 3.8) is 0 Å². The highest BCUT2D eigenvalue weighted by Gasteiger charge is 2.15. The third-order valence-corrected chi connectivity index (χ3v) is 3.21. The van der Waals surface area contributed by atoms with Crippen molar-refractivity contribution in [2.45, 2.75) is 40.2 Å². The number of hydrogen-bond donors (Lipinski definition) is 1. The highest BCUT2D eigenvalue weighted by atomic mass is 16.4. The first-order valence-corrected chi connectivity index (χ1v) is 6.76. The molecule has 0 aliphatic heterocycles. The van der Waals surface area contributed by atoms with E-state index >= 15 is 0 Å². The van der Waals surface area contributed by atoms with E-state index in [-0.39, 0.29) is 6.04 Å². The standard InChI is InChI=1S/C16H22N2O/c1-10(2)7-14(17)16-18-9-15(19-16)13-6-5-11(3)8-12(13)4/h5-6,8-10,14H,7,17H2,1-4H3. The second-order valence-electron chi connectivity index (χ2n) is 5.62. The van der Waals surface area contributed by atoms with Crippen LogP contribution in [0.25, 0.3) is 11.3 Å². The summed E-state index contributed by atoms with van der Waals surface area (Å²) in [6.07, 6.45) is 2.65. The van der Waals surface area contributed by atoms with E-state index in [1.165, 1.54) is 11.1 Å². The fraction of sp³-hybridized carbons (Fsp3) is 0.438. The van der Waals surface area contributed by atoms with E-state index in [0.29, 0.717) is 11.8 Å². The number of benzene rings is 1. The van der Waals surface area contributed by atoms with Gasteiger partial charge in [0.1, 0.15) is 0 Å². The van der Waals surface area contributed by atoms with E-state index in [2.05, 4.69) is 50.9 Å². The van der Waals surface area contributed by atoms with Crippen LogP contribution in [0.15, 0.2) is 28.8 Å². The van der Waals surface area contributed by atoms with Gasteiger partial charge >= 0.3 is 0 Å². The molecule has 1 heterocycles. The Morgan fingerprint density at radius 2 is 2.00 bits per heavy atom. The molecular formula is C16H22N2O. The Hall–Kier alpha value is -1.61. The maximum absolute atomic E-state index is 6.09. The van der Waals surface area contributed by atoms with E-state index in [1.54, 1.807) is 6.20 Å². The van der Waals surface area contributed by atoms with Crippen LogP contribution in [0.5, 0.6) is 0 Å². The Morgan fingerprint density at radius 1 is 1.26 bits per heavy atom. The van der Waals surface area contributed by atoms with Gasteiger partial charge in [-0.25, -0.2) is 4.98 Å². The summed E-state index contributed by atoms with van der Waals surface area (Å²) in [6.45, 7) is 8.46. The fourth-order valence-corrected chi connectivity index (χ4v) is 2.28. The molecule has 1 unspecified atom stereocenters. The highest BCUT2D eigenvalue weighted by Crippen LogP contribution is 2.27. The van der Waals surface area contributed by atoms with Crippen molar-refractivity contribution >= 4 is 0 Å². The second kappa shape index (κ2) is 5.57. The van der Waals surface area contributed by atoms with Crippen LogP contribution < -0.4 is 5.73 Å². The number of aromatic nitrogens is 1. The van der Waals surface area contributed by atoms with Crippen molar-refractivity contribution in [3.8, 4) is 11.3 Å². The molecule has 3 heteroatoms. The minimum atomic E-state index is -0.125. The van der Waals surface area contributed by atoms with Gasteiger partial charge in [-0.3, -0.25) is 0 Å². The molecule has 2 rings (SSSR count). The minimum absolute atomic E-state index is 0.125. The fourth-order valence-electron chi connectivity index (χ4n) is 2.28. The van der Waals surface area contributed by atoms with Gasteiger partial charge < -0.3 is 10.2 Å². The molecule has 0 saturated heterocycles. The van der Waals surface area contributed by atoms with Crippen LogP contribution in [0.4, 0.5) is 0 Å². The van der Waals surface area contributed by atoms with Gasteiger partial charge in [-0.15, -0.1) is 0 Å². The molecule has 0 aliphatic rings. The zero-order valence-electron chi connectivity index (χ0n) is 12.1. The monoisotopic (exact) mass is 258 g/mol. The Labute approximate surface area is 114 Å². The molecule has 0 radical (unpaired) electrons. The molecule has 0 bridgehead atoms. The zero-order chi connectivity index (χ0) is 14.0. The van der Waals surface area contributed by atoms with Crippen molar-refractivity contribution < 1.29 is 4.42 Å². The van der Waals surface area contributed by atoms with Crippen LogP contribution in [0.1, 0.15) is 43.3 Å². The Kier molecular flexibility index (Phi) is 4.05. The predicted molar refractivity (Wildman–Crippen MR) is 77.8 cm³/mol. The average molecular weight is 258 g/mol. The number of hydrogen-bond acceptors (Lipinski definition) is 3. The Balaban J connectivity index is 2.25. The molecule has 0 aliphatic carbocycles.